The van der Waals surface area contributed by atoms with E-state index in [9.17, 15) is 19.0 Å². The Bertz CT molecular complexity index is 923. The third kappa shape index (κ3) is 36.0. The molecule has 0 aliphatic heterocycles. The van der Waals surface area contributed by atoms with Gasteiger partial charge in [0.05, 0.1) is 13.2 Å². The molecule has 0 aliphatic carbocycles. The van der Waals surface area contributed by atoms with Crippen molar-refractivity contribution in [1.29, 1.82) is 0 Å². The number of hydrogen-bond donors (Lipinski definition) is 2. The highest BCUT2D eigenvalue weighted by Gasteiger charge is 2.25. The lowest BCUT2D eigenvalue weighted by Gasteiger charge is -2.19. The number of carbonyl (C=O) groups is 2. The Balaban J connectivity index is 4.26. The van der Waals surface area contributed by atoms with Gasteiger partial charge in [-0.15, -0.1) is 0 Å². The monoisotopic (exact) mass is 728 g/mol. The minimum absolute atomic E-state index is 0.0465. The van der Waals surface area contributed by atoms with Gasteiger partial charge in [0.1, 0.15) is 6.61 Å². The Morgan fingerprint density at radius 1 is 0.600 bits per heavy atom. The van der Waals surface area contributed by atoms with E-state index < -0.39 is 32.5 Å². The van der Waals surface area contributed by atoms with Crippen LogP contribution in [0.3, 0.4) is 0 Å². The number of hydrogen-bond acceptors (Lipinski definition) is 8. The second-order valence-electron chi connectivity index (χ2n) is 13.1. The zero-order valence-corrected chi connectivity index (χ0v) is 32.8. The van der Waals surface area contributed by atoms with Gasteiger partial charge in [-0.2, -0.15) is 0 Å². The highest BCUT2D eigenvalue weighted by molar-refractivity contribution is 7.47. The van der Waals surface area contributed by atoms with E-state index in [-0.39, 0.29) is 32.6 Å². The van der Waals surface area contributed by atoms with E-state index in [0.29, 0.717) is 12.8 Å². The number of nitrogens with two attached hydrogens (primary N) is 1. The van der Waals surface area contributed by atoms with Crippen LogP contribution >= 0.6 is 7.82 Å². The predicted octanol–water partition coefficient (Wildman–Crippen LogP) is 11.0. The maximum Gasteiger partial charge on any atom is 0.472 e. The summed E-state index contributed by atoms with van der Waals surface area (Å²) in [4.78, 5) is 34.7. The first kappa shape index (κ1) is 48.2. The van der Waals surface area contributed by atoms with E-state index in [1.165, 1.54) is 77.0 Å². The molecule has 0 rings (SSSR count). The summed E-state index contributed by atoms with van der Waals surface area (Å²) in [5, 5.41) is 0. The van der Waals surface area contributed by atoms with E-state index in [1.54, 1.807) is 0 Å². The summed E-state index contributed by atoms with van der Waals surface area (Å²) in [5.74, 6) is -0.902. The fraction of sp³-hybridized carbons (Fsp3) is 0.800. The smallest absolute Gasteiger partial charge is 0.462 e. The van der Waals surface area contributed by atoms with Crippen LogP contribution in [-0.2, 0) is 32.7 Å². The normalized spacial score (nSPS) is 13.8. The highest BCUT2D eigenvalue weighted by Crippen LogP contribution is 2.43. The van der Waals surface area contributed by atoms with E-state index in [1.807, 2.05) is 6.08 Å². The quantitative estimate of drug-likeness (QED) is 0.0277. The first-order valence-corrected chi connectivity index (χ1v) is 21.5. The second-order valence-corrected chi connectivity index (χ2v) is 14.6. The molecule has 0 fully saturated rings. The standard InChI is InChI=1S/C40H74NO8P/c1-3-5-7-9-11-13-15-17-19-21-23-25-27-29-31-33-40(43)49-38(37-48-50(44,45)47-35-34-41)36-46-39(42)32-30-28-26-24-22-20-18-16-14-12-10-8-6-4-2/h10,12,16,18,27,29,38H,3-9,11,13-15,17,19-26,28,30-37,41H2,1-2H3,(H,44,45)/b12-10+,18-16+,29-27+/t38-/m1/s1. The molecule has 0 aromatic rings. The molecule has 292 valence electrons. The van der Waals surface area contributed by atoms with Crippen molar-refractivity contribution in [2.45, 2.75) is 180 Å². The molecule has 10 heteroatoms. The van der Waals surface area contributed by atoms with Gasteiger partial charge in [0.2, 0.25) is 0 Å². The summed E-state index contributed by atoms with van der Waals surface area (Å²) in [7, 11) is -4.38. The summed E-state index contributed by atoms with van der Waals surface area (Å²) in [6.07, 6.45) is 39.0. The maximum absolute atomic E-state index is 12.5. The molecule has 0 aromatic heterocycles. The van der Waals surface area contributed by atoms with Crippen molar-refractivity contribution in [2.75, 3.05) is 26.4 Å². The van der Waals surface area contributed by atoms with Crippen LogP contribution in [0.4, 0.5) is 0 Å². The second kappa shape index (κ2) is 37.0. The molecule has 1 unspecified atom stereocenters. The number of rotatable bonds is 37. The number of allylic oxidation sites excluding steroid dienone is 6. The number of phosphoric ester groups is 1. The van der Waals surface area contributed by atoms with E-state index in [2.05, 4.69) is 44.2 Å². The van der Waals surface area contributed by atoms with Gasteiger partial charge in [-0.25, -0.2) is 4.57 Å². The zero-order chi connectivity index (χ0) is 36.8. The van der Waals surface area contributed by atoms with Crippen LogP contribution in [0.1, 0.15) is 174 Å². The average Bonchev–Trinajstić information content (AvgIpc) is 3.10. The Morgan fingerprint density at radius 2 is 1.10 bits per heavy atom. The van der Waals surface area contributed by atoms with Crippen LogP contribution < -0.4 is 5.73 Å². The number of esters is 2. The van der Waals surface area contributed by atoms with Crippen LogP contribution in [-0.4, -0.2) is 49.3 Å². The van der Waals surface area contributed by atoms with Crippen molar-refractivity contribution in [2.24, 2.45) is 5.73 Å². The van der Waals surface area contributed by atoms with Gasteiger partial charge in [-0.1, -0.05) is 147 Å². The van der Waals surface area contributed by atoms with Gasteiger partial charge in [0.15, 0.2) is 6.10 Å². The van der Waals surface area contributed by atoms with Gasteiger partial charge in [-0.05, 0) is 51.4 Å². The summed E-state index contributed by atoms with van der Waals surface area (Å²) >= 11 is 0. The SMILES string of the molecule is CCCC/C=C/C/C=C/CCCCCCCC(=O)OC[C@H](COP(=O)(O)OCCN)OC(=O)CC/C=C/CCCCCCCCCCCCC. The summed E-state index contributed by atoms with van der Waals surface area (Å²) in [6, 6.07) is 0. The van der Waals surface area contributed by atoms with Crippen molar-refractivity contribution < 1.29 is 37.6 Å². The molecule has 0 spiro atoms. The molecule has 0 aromatic carbocycles. The Hall–Kier alpha value is -1.77. The summed E-state index contributed by atoms with van der Waals surface area (Å²) in [6.45, 7) is 3.63. The molecule has 3 N–H and O–H groups in total. The summed E-state index contributed by atoms with van der Waals surface area (Å²) in [5.41, 5.74) is 5.33. The molecule has 2 atom stereocenters. The molecule has 0 saturated carbocycles. The van der Waals surface area contributed by atoms with Crippen molar-refractivity contribution >= 4 is 19.8 Å². The Labute approximate surface area is 305 Å². The first-order chi connectivity index (χ1) is 24.3. The molecule has 50 heavy (non-hydrogen) atoms. The molecular formula is C40H74NO8P. The van der Waals surface area contributed by atoms with Crippen molar-refractivity contribution in [1.82, 2.24) is 0 Å². The van der Waals surface area contributed by atoms with E-state index in [0.717, 1.165) is 57.8 Å². The first-order valence-electron chi connectivity index (χ1n) is 20.0. The van der Waals surface area contributed by atoms with Crippen LogP contribution in [0.5, 0.6) is 0 Å². The minimum atomic E-state index is -4.38. The van der Waals surface area contributed by atoms with Gasteiger partial charge >= 0.3 is 19.8 Å². The van der Waals surface area contributed by atoms with Crippen molar-refractivity contribution in [3.05, 3.63) is 36.5 Å². The van der Waals surface area contributed by atoms with Gasteiger partial charge in [0, 0.05) is 19.4 Å². The third-order valence-corrected chi connectivity index (χ3v) is 9.25. The number of carbonyl (C=O) groups excluding carboxylic acids is 2. The average molecular weight is 728 g/mol. The van der Waals surface area contributed by atoms with E-state index >= 15 is 0 Å². The van der Waals surface area contributed by atoms with Crippen LogP contribution in [0.2, 0.25) is 0 Å². The predicted molar refractivity (Wildman–Crippen MR) is 206 cm³/mol. The molecular weight excluding hydrogens is 653 g/mol. The lowest BCUT2D eigenvalue weighted by molar-refractivity contribution is -0.161. The lowest BCUT2D eigenvalue weighted by Crippen LogP contribution is -2.29. The summed E-state index contributed by atoms with van der Waals surface area (Å²) < 4.78 is 32.6. The largest absolute Gasteiger partial charge is 0.472 e. The number of ether oxygens (including phenoxy) is 2. The maximum atomic E-state index is 12.5. The van der Waals surface area contributed by atoms with Gasteiger partial charge < -0.3 is 20.1 Å². The minimum Gasteiger partial charge on any atom is -0.462 e. The fourth-order valence-corrected chi connectivity index (χ4v) is 6.02. The van der Waals surface area contributed by atoms with Crippen molar-refractivity contribution in [3.63, 3.8) is 0 Å². The fourth-order valence-electron chi connectivity index (χ4n) is 5.26. The molecule has 0 heterocycles. The molecule has 0 amide bonds. The molecule has 0 bridgehead atoms. The van der Waals surface area contributed by atoms with Crippen LogP contribution in [0, 0.1) is 0 Å². The lowest BCUT2D eigenvalue weighted by atomic mass is 10.1. The molecule has 0 saturated heterocycles. The third-order valence-electron chi connectivity index (χ3n) is 8.26. The van der Waals surface area contributed by atoms with Crippen molar-refractivity contribution in [3.8, 4) is 0 Å². The number of unbranched alkanes of at least 4 members (excludes halogenated alkanes) is 18. The molecule has 9 nitrogen and oxygen atoms in total. The zero-order valence-electron chi connectivity index (χ0n) is 31.9. The van der Waals surface area contributed by atoms with Gasteiger partial charge in [-0.3, -0.25) is 18.6 Å². The van der Waals surface area contributed by atoms with E-state index in [4.69, 9.17) is 24.3 Å². The number of phosphoric acid groups is 1. The Kier molecular flexibility index (Phi) is 35.7. The topological polar surface area (TPSA) is 134 Å². The van der Waals surface area contributed by atoms with Crippen LogP contribution in [0.15, 0.2) is 36.5 Å². The Morgan fingerprint density at radius 3 is 1.68 bits per heavy atom. The van der Waals surface area contributed by atoms with Crippen LogP contribution in [0.25, 0.3) is 0 Å². The van der Waals surface area contributed by atoms with Gasteiger partial charge in [0.25, 0.3) is 0 Å². The molecule has 0 aliphatic rings. The molecule has 0 radical (unpaired) electrons. The highest BCUT2D eigenvalue weighted by atomic mass is 31.2.